The van der Waals surface area contributed by atoms with Gasteiger partial charge in [0.05, 0.1) is 17.9 Å². The second-order valence-electron chi connectivity index (χ2n) is 8.81. The molecule has 1 aromatic heterocycles. The van der Waals surface area contributed by atoms with Gasteiger partial charge in [0.15, 0.2) is 0 Å². The van der Waals surface area contributed by atoms with Crippen LogP contribution in [-0.4, -0.2) is 63.3 Å². The lowest BCUT2D eigenvalue weighted by atomic mass is 10.0. The Morgan fingerprint density at radius 2 is 1.85 bits per heavy atom. The van der Waals surface area contributed by atoms with Gasteiger partial charge in [-0.1, -0.05) is 30.3 Å². The van der Waals surface area contributed by atoms with E-state index in [2.05, 4.69) is 25.9 Å². The molecular formula is C26H25F2N7O4. The third-order valence-corrected chi connectivity index (χ3v) is 6.15. The molecule has 1 fully saturated rings. The monoisotopic (exact) mass is 537 g/mol. The average Bonchev–Trinajstić information content (AvgIpc) is 3.33. The third-order valence-electron chi connectivity index (χ3n) is 6.15. The Kier molecular flexibility index (Phi) is 8.39. The summed E-state index contributed by atoms with van der Waals surface area (Å²) in [4.78, 5) is 60.7. The molecule has 2 heterocycles. The van der Waals surface area contributed by atoms with Crippen LogP contribution < -0.4 is 21.7 Å². The number of likely N-dealkylation sites (tertiary alicyclic amines) is 1. The molecule has 3 unspecified atom stereocenters. The molecule has 13 heteroatoms. The summed E-state index contributed by atoms with van der Waals surface area (Å²) in [6, 6.07) is 7.34. The second-order valence-corrected chi connectivity index (χ2v) is 8.81. The van der Waals surface area contributed by atoms with Crippen molar-refractivity contribution in [2.75, 3.05) is 11.9 Å². The lowest BCUT2D eigenvalue weighted by molar-refractivity contribution is -0.130. The highest BCUT2D eigenvalue weighted by Crippen LogP contribution is 2.22. The number of amides is 5. The number of hydrogen-bond donors (Lipinski definition) is 4. The first-order valence-corrected chi connectivity index (χ1v) is 12.0. The SMILES string of the molecule is NC(=O)C(Cc1ccccc1)NC(=O)C1C(NC(=O)Nc2ccc(F)cc2F)CCN1C(=O)c1cnccn1. The number of carbonyl (C=O) groups excluding carboxylic acids is 4. The van der Waals surface area contributed by atoms with Crippen LogP contribution in [0.15, 0.2) is 67.1 Å². The number of nitrogens with two attached hydrogens (primary N) is 1. The molecule has 0 radical (unpaired) electrons. The van der Waals surface area contributed by atoms with Crippen molar-refractivity contribution in [2.24, 2.45) is 5.73 Å². The topological polar surface area (TPSA) is 159 Å². The summed E-state index contributed by atoms with van der Waals surface area (Å²) in [5.74, 6) is -3.94. The summed E-state index contributed by atoms with van der Waals surface area (Å²) >= 11 is 0. The lowest BCUT2D eigenvalue weighted by Crippen LogP contribution is -2.58. The average molecular weight is 538 g/mol. The van der Waals surface area contributed by atoms with Gasteiger partial charge in [0.1, 0.15) is 29.4 Å². The predicted molar refractivity (Wildman–Crippen MR) is 135 cm³/mol. The molecule has 3 atom stereocenters. The van der Waals surface area contributed by atoms with Crippen LogP contribution >= 0.6 is 0 Å². The van der Waals surface area contributed by atoms with Crippen molar-refractivity contribution in [1.82, 2.24) is 25.5 Å². The fourth-order valence-corrected chi connectivity index (χ4v) is 4.30. The Morgan fingerprint density at radius 3 is 2.51 bits per heavy atom. The van der Waals surface area contributed by atoms with E-state index >= 15 is 0 Å². The Morgan fingerprint density at radius 1 is 1.08 bits per heavy atom. The highest BCUT2D eigenvalue weighted by atomic mass is 19.1. The van der Waals surface area contributed by atoms with E-state index in [1.807, 2.05) is 0 Å². The minimum absolute atomic E-state index is 0.0236. The molecule has 0 bridgehead atoms. The van der Waals surface area contributed by atoms with Crippen molar-refractivity contribution in [2.45, 2.75) is 31.0 Å². The summed E-state index contributed by atoms with van der Waals surface area (Å²) in [7, 11) is 0. The molecule has 5 N–H and O–H groups in total. The Bertz CT molecular complexity index is 1360. The number of hydrogen-bond acceptors (Lipinski definition) is 6. The van der Waals surface area contributed by atoms with Crippen LogP contribution in [0.4, 0.5) is 19.3 Å². The zero-order valence-electron chi connectivity index (χ0n) is 20.5. The molecule has 5 amide bonds. The van der Waals surface area contributed by atoms with E-state index in [4.69, 9.17) is 5.73 Å². The quantitative estimate of drug-likeness (QED) is 0.340. The van der Waals surface area contributed by atoms with Crippen LogP contribution in [0, 0.1) is 11.6 Å². The molecule has 1 aliphatic rings. The number of aromatic nitrogens is 2. The van der Waals surface area contributed by atoms with Crippen molar-refractivity contribution in [3.05, 3.63) is 90.0 Å². The summed E-state index contributed by atoms with van der Waals surface area (Å²) in [6.45, 7) is 0.0588. The fraction of sp³-hybridized carbons (Fsp3) is 0.231. The Balaban J connectivity index is 1.55. The fourth-order valence-electron chi connectivity index (χ4n) is 4.30. The molecule has 3 aromatic rings. The van der Waals surface area contributed by atoms with E-state index in [1.54, 1.807) is 30.3 Å². The van der Waals surface area contributed by atoms with Crippen LogP contribution in [0.5, 0.6) is 0 Å². The van der Waals surface area contributed by atoms with Crippen LogP contribution in [0.2, 0.25) is 0 Å². The van der Waals surface area contributed by atoms with Gasteiger partial charge < -0.3 is 26.6 Å². The molecule has 39 heavy (non-hydrogen) atoms. The molecule has 1 saturated heterocycles. The maximum absolute atomic E-state index is 14.0. The molecule has 2 aromatic carbocycles. The summed E-state index contributed by atoms with van der Waals surface area (Å²) < 4.78 is 27.2. The number of primary amides is 1. The van der Waals surface area contributed by atoms with Crippen molar-refractivity contribution >= 4 is 29.4 Å². The van der Waals surface area contributed by atoms with E-state index in [9.17, 15) is 28.0 Å². The number of carbonyl (C=O) groups is 4. The van der Waals surface area contributed by atoms with Gasteiger partial charge in [0.25, 0.3) is 5.91 Å². The van der Waals surface area contributed by atoms with Gasteiger partial charge in [-0.2, -0.15) is 0 Å². The van der Waals surface area contributed by atoms with E-state index < -0.39 is 53.5 Å². The van der Waals surface area contributed by atoms with Crippen LogP contribution in [0.25, 0.3) is 0 Å². The van der Waals surface area contributed by atoms with Crippen LogP contribution in [0.1, 0.15) is 22.5 Å². The van der Waals surface area contributed by atoms with Crippen molar-refractivity contribution in [3.8, 4) is 0 Å². The second kappa shape index (κ2) is 12.1. The van der Waals surface area contributed by atoms with Crippen molar-refractivity contribution in [3.63, 3.8) is 0 Å². The largest absolute Gasteiger partial charge is 0.368 e. The van der Waals surface area contributed by atoms with E-state index in [1.165, 1.54) is 23.5 Å². The lowest BCUT2D eigenvalue weighted by Gasteiger charge is -2.29. The first kappa shape index (κ1) is 27.1. The van der Waals surface area contributed by atoms with Crippen LogP contribution in [0.3, 0.4) is 0 Å². The number of nitrogens with zero attached hydrogens (tertiary/aromatic N) is 3. The Labute approximate surface area is 221 Å². The number of halogens is 2. The highest BCUT2D eigenvalue weighted by molar-refractivity contribution is 5.98. The van der Waals surface area contributed by atoms with Gasteiger partial charge in [-0.05, 0) is 24.1 Å². The number of anilines is 1. The van der Waals surface area contributed by atoms with Gasteiger partial charge in [0.2, 0.25) is 11.8 Å². The molecular weight excluding hydrogens is 512 g/mol. The standard InChI is InChI=1S/C26H25F2N7O4/c27-16-6-7-18(17(28)13-16)33-26(39)34-19-8-11-35(25(38)21-14-30-9-10-31-21)22(19)24(37)32-20(23(29)36)12-15-4-2-1-3-5-15/h1-7,9-10,13-14,19-20,22H,8,11-12H2,(H2,29,36)(H,32,37)(H2,33,34,39). The molecule has 0 aliphatic carbocycles. The molecule has 0 saturated carbocycles. The van der Waals surface area contributed by atoms with Crippen LogP contribution in [-0.2, 0) is 16.0 Å². The maximum Gasteiger partial charge on any atom is 0.319 e. The Hall–Kier alpha value is -4.94. The van der Waals surface area contributed by atoms with Crippen molar-refractivity contribution in [1.29, 1.82) is 0 Å². The minimum Gasteiger partial charge on any atom is -0.368 e. The summed E-state index contributed by atoms with van der Waals surface area (Å²) in [5.41, 5.74) is 5.99. The van der Waals surface area contributed by atoms with E-state index in [0.717, 1.165) is 17.7 Å². The molecule has 0 spiro atoms. The first-order chi connectivity index (χ1) is 18.7. The summed E-state index contributed by atoms with van der Waals surface area (Å²) in [5, 5.41) is 7.43. The molecule has 1 aliphatic heterocycles. The van der Waals surface area contributed by atoms with Gasteiger partial charge in [-0.25, -0.2) is 18.6 Å². The number of rotatable bonds is 8. The van der Waals surface area contributed by atoms with E-state index in [-0.39, 0.29) is 30.8 Å². The normalized spacial score (nSPS) is 17.2. The number of urea groups is 1. The highest BCUT2D eigenvalue weighted by Gasteiger charge is 2.44. The zero-order chi connectivity index (χ0) is 27.9. The predicted octanol–water partition coefficient (Wildman–Crippen LogP) is 1.37. The zero-order valence-corrected chi connectivity index (χ0v) is 20.5. The molecule has 202 valence electrons. The van der Waals surface area contributed by atoms with Gasteiger partial charge in [0, 0.05) is 31.4 Å². The minimum atomic E-state index is -1.26. The molecule has 4 rings (SSSR count). The van der Waals surface area contributed by atoms with Gasteiger partial charge in [-0.3, -0.25) is 19.4 Å². The smallest absolute Gasteiger partial charge is 0.319 e. The number of nitrogens with one attached hydrogen (secondary N) is 3. The molecule has 11 nitrogen and oxygen atoms in total. The summed E-state index contributed by atoms with van der Waals surface area (Å²) in [6.07, 6.45) is 4.21. The van der Waals surface area contributed by atoms with Gasteiger partial charge >= 0.3 is 6.03 Å². The maximum atomic E-state index is 14.0. The van der Waals surface area contributed by atoms with Crippen molar-refractivity contribution < 1.29 is 28.0 Å². The number of benzene rings is 2. The first-order valence-electron chi connectivity index (χ1n) is 12.0. The third kappa shape index (κ3) is 6.69. The van der Waals surface area contributed by atoms with Gasteiger partial charge in [-0.15, -0.1) is 0 Å². The van der Waals surface area contributed by atoms with E-state index in [0.29, 0.717) is 6.07 Å².